The molecule has 0 heterocycles. The molecule has 0 bridgehead atoms. The van der Waals surface area contributed by atoms with Crippen LogP contribution in [0.1, 0.15) is 28.7 Å². The van der Waals surface area contributed by atoms with Crippen LogP contribution in [0.25, 0.3) is 11.1 Å². The van der Waals surface area contributed by atoms with Crippen molar-refractivity contribution in [3.05, 3.63) is 125 Å². The highest BCUT2D eigenvalue weighted by Gasteiger charge is 2.43. The molecule has 8 nitrogen and oxygen atoms in total. The van der Waals surface area contributed by atoms with Gasteiger partial charge in [-0.2, -0.15) is 5.26 Å². The number of hydrogen-bond acceptors (Lipinski definition) is 7. The van der Waals surface area contributed by atoms with Gasteiger partial charge in [-0.05, 0) is 58.5 Å². The van der Waals surface area contributed by atoms with E-state index in [4.69, 9.17) is 20.5 Å². The van der Waals surface area contributed by atoms with Crippen LogP contribution in [0, 0.1) is 11.3 Å². The predicted molar refractivity (Wildman–Crippen MR) is 163 cm³/mol. The van der Waals surface area contributed by atoms with Crippen molar-refractivity contribution in [1.29, 1.82) is 5.26 Å². The van der Waals surface area contributed by atoms with Gasteiger partial charge in [0.25, 0.3) is 0 Å². The van der Waals surface area contributed by atoms with E-state index in [-0.39, 0.29) is 19.6 Å². The molecular weight excluding hydrogens is 542 g/mol. The largest absolute Gasteiger partial charge is 0.497 e. The molecule has 4 rings (SSSR count). The summed E-state index contributed by atoms with van der Waals surface area (Å²) >= 11 is 0. The monoisotopic (exact) mass is 575 g/mol. The molecule has 0 radical (unpaired) electrons. The minimum atomic E-state index is -2.13. The molecule has 218 valence electrons. The number of nitrogens with two attached hydrogens (primary N) is 1. The van der Waals surface area contributed by atoms with Crippen molar-refractivity contribution in [2.24, 2.45) is 5.73 Å². The second-order valence-corrected chi connectivity index (χ2v) is 10.1. The summed E-state index contributed by atoms with van der Waals surface area (Å²) in [5, 5.41) is 11.8. The number of nitriles is 1. The molecule has 4 aromatic rings. The number of nitrogens with one attached hydrogen (secondary N) is 1. The number of ether oxygens (including phenoxy) is 2. The van der Waals surface area contributed by atoms with E-state index in [2.05, 4.69) is 11.4 Å². The van der Waals surface area contributed by atoms with Crippen molar-refractivity contribution in [2.75, 3.05) is 13.7 Å². The zero-order chi connectivity index (χ0) is 30.7. The number of carbonyl (C=O) groups excluding carboxylic acids is 3. The Morgan fingerprint density at radius 1 is 0.814 bits per heavy atom. The molecule has 1 atom stereocenters. The SMILES string of the molecule is COc1ccc(CCNC(=O)C(N)(CC(=O)OCc2ccccc2)C(=O)Cc2ccc(-c3ccc(C#N)cc3)cc2)cc1. The van der Waals surface area contributed by atoms with E-state index in [1.165, 1.54) is 0 Å². The maximum Gasteiger partial charge on any atom is 0.309 e. The first kappa shape index (κ1) is 30.7. The fourth-order valence-corrected chi connectivity index (χ4v) is 4.49. The molecule has 0 fully saturated rings. The lowest BCUT2D eigenvalue weighted by molar-refractivity contribution is -0.151. The predicted octanol–water partition coefficient (Wildman–Crippen LogP) is 4.54. The summed E-state index contributed by atoms with van der Waals surface area (Å²) in [4.78, 5) is 39.8. The number of Topliss-reactive ketones (excluding diaryl/α,β-unsaturated/α-hetero) is 1. The number of carbonyl (C=O) groups is 3. The number of methoxy groups -OCH3 is 1. The summed E-state index contributed by atoms with van der Waals surface area (Å²) in [7, 11) is 1.58. The molecular formula is C35H33N3O5. The average molecular weight is 576 g/mol. The van der Waals surface area contributed by atoms with Crippen molar-refractivity contribution in [3.8, 4) is 22.9 Å². The van der Waals surface area contributed by atoms with E-state index in [1.54, 1.807) is 31.4 Å². The van der Waals surface area contributed by atoms with Gasteiger partial charge in [-0.3, -0.25) is 14.4 Å². The molecule has 0 spiro atoms. The van der Waals surface area contributed by atoms with Crippen molar-refractivity contribution < 1.29 is 23.9 Å². The zero-order valence-electron chi connectivity index (χ0n) is 23.9. The lowest BCUT2D eigenvalue weighted by atomic mass is 9.86. The van der Waals surface area contributed by atoms with Crippen molar-refractivity contribution in [1.82, 2.24) is 5.32 Å². The van der Waals surface area contributed by atoms with Crippen LogP contribution in [0.3, 0.4) is 0 Å². The van der Waals surface area contributed by atoms with Crippen LogP contribution in [0.2, 0.25) is 0 Å². The summed E-state index contributed by atoms with van der Waals surface area (Å²) in [6, 6.07) is 33.0. The lowest BCUT2D eigenvalue weighted by Crippen LogP contribution is -2.61. The Labute approximate surface area is 251 Å². The Bertz CT molecular complexity index is 1580. The van der Waals surface area contributed by atoms with Gasteiger partial charge < -0.3 is 20.5 Å². The Morgan fingerprint density at radius 2 is 1.42 bits per heavy atom. The first-order valence-corrected chi connectivity index (χ1v) is 13.8. The minimum Gasteiger partial charge on any atom is -0.497 e. The van der Waals surface area contributed by atoms with Gasteiger partial charge in [0.15, 0.2) is 11.3 Å². The normalized spacial score (nSPS) is 11.9. The molecule has 43 heavy (non-hydrogen) atoms. The van der Waals surface area contributed by atoms with Crippen molar-refractivity contribution in [2.45, 2.75) is 31.4 Å². The number of benzene rings is 4. The summed E-state index contributed by atoms with van der Waals surface area (Å²) in [5.74, 6) is -1.37. The maximum atomic E-state index is 13.6. The third-order valence-electron chi connectivity index (χ3n) is 7.09. The van der Waals surface area contributed by atoms with E-state index < -0.39 is 29.6 Å². The molecule has 0 aromatic heterocycles. The van der Waals surface area contributed by atoms with E-state index in [0.717, 1.165) is 28.0 Å². The van der Waals surface area contributed by atoms with Gasteiger partial charge in [0.05, 0.1) is 25.2 Å². The molecule has 8 heteroatoms. The van der Waals surface area contributed by atoms with Gasteiger partial charge in [0, 0.05) is 13.0 Å². The third kappa shape index (κ3) is 8.38. The standard InChI is InChI=1S/C35H33N3O5/c1-42-31-17-11-25(12-18-31)19-20-38-34(41)35(37,22-33(40)43-24-28-5-3-2-4-6-28)32(39)21-26-7-13-29(14-8-26)30-15-9-27(23-36)10-16-30/h2-18H,19-22,24,37H2,1H3,(H,38,41). The van der Waals surface area contributed by atoms with Crippen LogP contribution >= 0.6 is 0 Å². The van der Waals surface area contributed by atoms with E-state index >= 15 is 0 Å². The van der Waals surface area contributed by atoms with Gasteiger partial charge in [-0.15, -0.1) is 0 Å². The summed E-state index contributed by atoms with van der Waals surface area (Å²) in [6.45, 7) is 0.218. The van der Waals surface area contributed by atoms with Gasteiger partial charge in [0.2, 0.25) is 5.91 Å². The van der Waals surface area contributed by atoms with Crippen LogP contribution in [-0.2, 0) is 38.6 Å². The molecule has 0 saturated carbocycles. The van der Waals surface area contributed by atoms with Crippen molar-refractivity contribution in [3.63, 3.8) is 0 Å². The molecule has 0 aliphatic rings. The molecule has 1 unspecified atom stereocenters. The molecule has 0 aliphatic heterocycles. The molecule has 4 aromatic carbocycles. The highest BCUT2D eigenvalue weighted by Crippen LogP contribution is 2.22. The van der Waals surface area contributed by atoms with Gasteiger partial charge in [-0.25, -0.2) is 0 Å². The molecule has 0 aliphatic carbocycles. The van der Waals surface area contributed by atoms with Crippen LogP contribution in [0.5, 0.6) is 5.75 Å². The fourth-order valence-electron chi connectivity index (χ4n) is 4.49. The second-order valence-electron chi connectivity index (χ2n) is 10.1. The highest BCUT2D eigenvalue weighted by atomic mass is 16.5. The topological polar surface area (TPSA) is 132 Å². The number of nitrogens with zero attached hydrogens (tertiary/aromatic N) is 1. The van der Waals surface area contributed by atoms with E-state index in [1.807, 2.05) is 78.9 Å². The maximum absolute atomic E-state index is 13.6. The average Bonchev–Trinajstić information content (AvgIpc) is 3.05. The second kappa shape index (κ2) is 14.6. The summed E-state index contributed by atoms with van der Waals surface area (Å²) in [5.41, 5.74) is 9.10. The highest BCUT2D eigenvalue weighted by molar-refractivity contribution is 6.13. The Balaban J connectivity index is 1.45. The first-order chi connectivity index (χ1) is 20.8. The van der Waals surface area contributed by atoms with E-state index in [9.17, 15) is 14.4 Å². The van der Waals surface area contributed by atoms with Crippen LogP contribution in [0.15, 0.2) is 103 Å². The number of hydrogen-bond donors (Lipinski definition) is 2. The lowest BCUT2D eigenvalue weighted by Gasteiger charge is -2.26. The van der Waals surface area contributed by atoms with Gasteiger partial charge in [-0.1, -0.05) is 78.9 Å². The van der Waals surface area contributed by atoms with E-state index in [0.29, 0.717) is 17.5 Å². The number of ketones is 1. The first-order valence-electron chi connectivity index (χ1n) is 13.8. The molecule has 0 saturated heterocycles. The molecule has 1 amide bonds. The number of esters is 1. The third-order valence-corrected chi connectivity index (χ3v) is 7.09. The Morgan fingerprint density at radius 3 is 2.02 bits per heavy atom. The Hall–Kier alpha value is -5.26. The van der Waals surface area contributed by atoms with Gasteiger partial charge in [0.1, 0.15) is 12.4 Å². The minimum absolute atomic E-state index is 0.000158. The fraction of sp³-hybridized carbons (Fsp3) is 0.200. The summed E-state index contributed by atoms with van der Waals surface area (Å²) in [6.07, 6.45) is -0.256. The number of rotatable bonds is 13. The zero-order valence-corrected chi connectivity index (χ0v) is 23.9. The van der Waals surface area contributed by atoms with Crippen LogP contribution in [0.4, 0.5) is 0 Å². The number of amides is 1. The van der Waals surface area contributed by atoms with Crippen LogP contribution in [-0.4, -0.2) is 36.9 Å². The van der Waals surface area contributed by atoms with Gasteiger partial charge >= 0.3 is 5.97 Å². The van der Waals surface area contributed by atoms with Crippen LogP contribution < -0.4 is 15.8 Å². The smallest absolute Gasteiger partial charge is 0.309 e. The van der Waals surface area contributed by atoms with Crippen molar-refractivity contribution >= 4 is 17.7 Å². The Kier molecular flexibility index (Phi) is 10.4. The molecule has 3 N–H and O–H groups in total. The summed E-state index contributed by atoms with van der Waals surface area (Å²) < 4.78 is 10.5. The quantitative estimate of drug-likeness (QED) is 0.177.